The van der Waals surface area contributed by atoms with E-state index in [1.807, 2.05) is 0 Å². The Kier molecular flexibility index (Phi) is 6.60. The van der Waals surface area contributed by atoms with Crippen LogP contribution in [0.1, 0.15) is 15.9 Å². The topological polar surface area (TPSA) is 85.4 Å². The molecule has 34 heavy (non-hydrogen) atoms. The van der Waals surface area contributed by atoms with Crippen molar-refractivity contribution in [2.75, 3.05) is 4.72 Å². The lowest BCUT2D eigenvalue weighted by molar-refractivity contribution is -0.373. The molecule has 3 rings (SSSR count). The lowest BCUT2D eigenvalue weighted by Crippen LogP contribution is -2.56. The normalized spacial score (nSPS) is 12.8. The van der Waals surface area contributed by atoms with Crippen molar-refractivity contribution >= 4 is 21.7 Å². The van der Waals surface area contributed by atoms with Crippen LogP contribution < -0.4 is 4.72 Å². The van der Waals surface area contributed by atoms with Gasteiger partial charge < -0.3 is 4.74 Å². The highest BCUT2D eigenvalue weighted by atomic mass is 32.2. The molecular weight excluding hydrogens is 490 g/mol. The number of nitrogens with zero attached hydrogens (tertiary/aromatic N) is 1. The van der Waals surface area contributed by atoms with Gasteiger partial charge in [0.25, 0.3) is 10.0 Å². The van der Waals surface area contributed by atoms with E-state index < -0.39 is 45.1 Å². The van der Waals surface area contributed by atoms with E-state index in [0.29, 0.717) is 24.3 Å². The highest BCUT2D eigenvalue weighted by Crippen LogP contribution is 2.53. The van der Waals surface area contributed by atoms with Gasteiger partial charge in [0.1, 0.15) is 0 Å². The maximum Gasteiger partial charge on any atom is 0.442 e. The molecule has 0 atom stereocenters. The van der Waals surface area contributed by atoms with Crippen molar-refractivity contribution < 1.29 is 44.3 Å². The van der Waals surface area contributed by atoms with Crippen molar-refractivity contribution in [3.05, 3.63) is 90.3 Å². The number of hydrogen-bond acceptors (Lipinski definition) is 5. The molecule has 0 aliphatic carbocycles. The number of benzene rings is 2. The van der Waals surface area contributed by atoms with Gasteiger partial charge in [0.15, 0.2) is 0 Å². The van der Waals surface area contributed by atoms with E-state index in [9.17, 15) is 39.6 Å². The van der Waals surface area contributed by atoms with Crippen LogP contribution in [0.2, 0.25) is 0 Å². The number of ether oxygens (including phenoxy) is 1. The molecule has 0 radical (unpaired) electrons. The lowest BCUT2D eigenvalue weighted by Gasteiger charge is -2.36. The van der Waals surface area contributed by atoms with Crippen LogP contribution >= 0.6 is 0 Å². The second-order valence-corrected chi connectivity index (χ2v) is 8.49. The summed E-state index contributed by atoms with van der Waals surface area (Å²) < 4.78 is 114. The molecule has 1 heterocycles. The van der Waals surface area contributed by atoms with Crippen LogP contribution in [0.15, 0.2) is 84.0 Å². The Bertz CT molecular complexity index is 1230. The summed E-state index contributed by atoms with van der Waals surface area (Å²) in [5.41, 5.74) is -7.45. The van der Waals surface area contributed by atoms with Gasteiger partial charge in [-0.2, -0.15) is 26.3 Å². The number of halogens is 6. The summed E-state index contributed by atoms with van der Waals surface area (Å²) in [5.74, 6) is -1.91. The molecule has 0 spiro atoms. The molecule has 2 aromatic carbocycles. The molecule has 0 unspecified atom stereocenters. The van der Waals surface area contributed by atoms with Gasteiger partial charge in [0, 0.05) is 23.6 Å². The van der Waals surface area contributed by atoms with Crippen LogP contribution in [0, 0.1) is 0 Å². The standard InChI is InChI=1S/C21H14F6N2O4S/c22-20(23,24)19(21(25,26)27,33-18(30)14-5-4-12-28-13-14)15-8-10-16(11-9-15)29-34(31,32)17-6-2-1-3-7-17/h1-13,29H. The fourth-order valence-corrected chi connectivity index (χ4v) is 4.01. The van der Waals surface area contributed by atoms with Gasteiger partial charge in [-0.05, 0) is 36.4 Å². The smallest absolute Gasteiger partial charge is 0.431 e. The van der Waals surface area contributed by atoms with E-state index in [1.54, 1.807) is 6.07 Å². The molecule has 3 aromatic rings. The Morgan fingerprint density at radius 3 is 1.91 bits per heavy atom. The molecule has 6 nitrogen and oxygen atoms in total. The number of esters is 1. The molecule has 0 amide bonds. The largest absolute Gasteiger partial charge is 0.442 e. The number of rotatable bonds is 6. The van der Waals surface area contributed by atoms with E-state index in [2.05, 4.69) is 14.4 Å². The summed E-state index contributed by atoms with van der Waals surface area (Å²) in [6, 6.07) is 11.1. The highest BCUT2D eigenvalue weighted by Gasteiger charge is 2.75. The third-order valence-electron chi connectivity index (χ3n) is 4.54. The van der Waals surface area contributed by atoms with Gasteiger partial charge >= 0.3 is 23.9 Å². The van der Waals surface area contributed by atoms with Crippen molar-refractivity contribution in [3.8, 4) is 0 Å². The molecule has 0 fully saturated rings. The third kappa shape index (κ3) is 4.83. The zero-order valence-corrected chi connectivity index (χ0v) is 17.6. The maximum absolute atomic E-state index is 13.9. The number of carbonyl (C=O) groups is 1. The molecule has 1 aromatic heterocycles. The van der Waals surface area contributed by atoms with E-state index in [1.165, 1.54) is 24.3 Å². The molecule has 0 saturated carbocycles. The number of carbonyl (C=O) groups excluding carboxylic acids is 1. The average molecular weight is 504 g/mol. The van der Waals surface area contributed by atoms with Crippen LogP contribution in [0.5, 0.6) is 0 Å². The summed E-state index contributed by atoms with van der Waals surface area (Å²) >= 11 is 0. The lowest BCUT2D eigenvalue weighted by atomic mass is 9.91. The Labute approximate surface area is 189 Å². The third-order valence-corrected chi connectivity index (χ3v) is 5.94. The minimum Gasteiger partial charge on any atom is -0.431 e. The molecule has 180 valence electrons. The molecule has 0 bridgehead atoms. The molecule has 1 N–H and O–H groups in total. The fraction of sp³-hybridized carbons (Fsp3) is 0.143. The van der Waals surface area contributed by atoms with E-state index in [-0.39, 0.29) is 10.6 Å². The van der Waals surface area contributed by atoms with Gasteiger partial charge in [0.05, 0.1) is 10.5 Å². The Morgan fingerprint density at radius 2 is 1.41 bits per heavy atom. The van der Waals surface area contributed by atoms with Crippen LogP contribution in [-0.4, -0.2) is 31.7 Å². The SMILES string of the molecule is O=C(OC(c1ccc(NS(=O)(=O)c2ccccc2)cc1)(C(F)(F)F)C(F)(F)F)c1cccnc1. The maximum atomic E-state index is 13.9. The Morgan fingerprint density at radius 1 is 0.824 bits per heavy atom. The number of sulfonamides is 1. The molecule has 0 aliphatic rings. The first-order valence-corrected chi connectivity index (χ1v) is 10.7. The van der Waals surface area contributed by atoms with Crippen LogP contribution in [0.3, 0.4) is 0 Å². The van der Waals surface area contributed by atoms with Gasteiger partial charge in [-0.15, -0.1) is 0 Å². The summed E-state index contributed by atoms with van der Waals surface area (Å²) in [6.07, 6.45) is -10.3. The highest BCUT2D eigenvalue weighted by molar-refractivity contribution is 7.92. The number of alkyl halides is 6. The molecule has 0 saturated heterocycles. The zero-order valence-electron chi connectivity index (χ0n) is 16.8. The number of pyridine rings is 1. The summed E-state index contributed by atoms with van der Waals surface area (Å²) in [7, 11) is -4.16. The Balaban J connectivity index is 2.02. The Hall–Kier alpha value is -3.61. The van der Waals surface area contributed by atoms with Gasteiger partial charge in [-0.1, -0.05) is 30.3 Å². The minimum absolute atomic E-state index is 0.176. The van der Waals surface area contributed by atoms with Gasteiger partial charge in [-0.3, -0.25) is 9.71 Å². The van der Waals surface area contributed by atoms with Crippen molar-refractivity contribution in [2.45, 2.75) is 22.8 Å². The average Bonchev–Trinajstić information content (AvgIpc) is 2.77. The van der Waals surface area contributed by atoms with Crippen molar-refractivity contribution in [1.29, 1.82) is 0 Å². The second-order valence-electron chi connectivity index (χ2n) is 6.80. The van der Waals surface area contributed by atoms with Crippen LogP contribution in [0.4, 0.5) is 32.0 Å². The first kappa shape index (κ1) is 25.0. The van der Waals surface area contributed by atoms with Crippen LogP contribution in [0.25, 0.3) is 0 Å². The predicted molar refractivity (Wildman–Crippen MR) is 107 cm³/mol. The summed E-state index contributed by atoms with van der Waals surface area (Å²) in [5, 5.41) is 0. The number of aromatic nitrogens is 1. The minimum atomic E-state index is -6.12. The van der Waals surface area contributed by atoms with Crippen molar-refractivity contribution in [3.63, 3.8) is 0 Å². The number of anilines is 1. The number of nitrogens with one attached hydrogen (secondary N) is 1. The zero-order chi connectivity index (χ0) is 25.2. The predicted octanol–water partition coefficient (Wildman–Crippen LogP) is 5.06. The molecule has 0 aliphatic heterocycles. The number of hydrogen-bond donors (Lipinski definition) is 1. The van der Waals surface area contributed by atoms with Gasteiger partial charge in [0.2, 0.25) is 0 Å². The molecular formula is C21H14F6N2O4S. The van der Waals surface area contributed by atoms with E-state index in [0.717, 1.165) is 24.5 Å². The van der Waals surface area contributed by atoms with E-state index in [4.69, 9.17) is 0 Å². The van der Waals surface area contributed by atoms with Crippen LogP contribution in [-0.2, 0) is 20.4 Å². The first-order valence-electron chi connectivity index (χ1n) is 9.23. The first-order chi connectivity index (χ1) is 15.8. The van der Waals surface area contributed by atoms with Crippen molar-refractivity contribution in [1.82, 2.24) is 4.98 Å². The molecule has 13 heteroatoms. The summed E-state index contributed by atoms with van der Waals surface area (Å²) in [4.78, 5) is 15.5. The van der Waals surface area contributed by atoms with E-state index >= 15 is 0 Å². The second kappa shape index (κ2) is 8.97. The summed E-state index contributed by atoms with van der Waals surface area (Å²) in [6.45, 7) is 0. The fourth-order valence-electron chi connectivity index (χ4n) is 2.93. The monoisotopic (exact) mass is 504 g/mol. The van der Waals surface area contributed by atoms with Crippen molar-refractivity contribution in [2.24, 2.45) is 0 Å². The van der Waals surface area contributed by atoms with Gasteiger partial charge in [-0.25, -0.2) is 13.2 Å². The quantitative estimate of drug-likeness (QED) is 0.375.